The van der Waals surface area contributed by atoms with Crippen LogP contribution < -0.4 is 21.3 Å². The number of nitrogens with one attached hydrogen (secondary N) is 4. The topological polar surface area (TPSA) is 78.1 Å². The van der Waals surface area contributed by atoms with Crippen molar-refractivity contribution in [3.63, 3.8) is 0 Å². The zero-order valence-electron chi connectivity index (χ0n) is 15.6. The van der Waals surface area contributed by atoms with E-state index in [1.807, 2.05) is 35.7 Å². The van der Waals surface area contributed by atoms with Crippen LogP contribution in [0.3, 0.4) is 0 Å². The number of carbonyl (C=O) groups excluding carboxylic acids is 1. The van der Waals surface area contributed by atoms with Gasteiger partial charge >= 0.3 is 0 Å². The van der Waals surface area contributed by atoms with Crippen molar-refractivity contribution < 1.29 is 4.79 Å². The van der Waals surface area contributed by atoms with Gasteiger partial charge in [-0.2, -0.15) is 0 Å². The molecule has 2 heterocycles. The lowest BCUT2D eigenvalue weighted by Gasteiger charge is -2.43. The molecule has 0 radical (unpaired) electrons. The number of nitrogens with zero attached hydrogens (tertiary/aromatic N) is 1. The third kappa shape index (κ3) is 4.80. The van der Waals surface area contributed by atoms with E-state index in [0.29, 0.717) is 23.6 Å². The van der Waals surface area contributed by atoms with Crippen LogP contribution in [0.15, 0.2) is 35.7 Å². The number of benzene rings is 1. The Bertz CT molecular complexity index is 825. The first-order valence-corrected chi connectivity index (χ1v) is 11.0. The molecule has 1 saturated carbocycles. The third-order valence-corrected chi connectivity index (χ3v) is 6.41. The number of aromatic nitrogens is 1. The van der Waals surface area contributed by atoms with E-state index >= 15 is 0 Å². The van der Waals surface area contributed by atoms with Gasteiger partial charge in [0.15, 0.2) is 10.2 Å². The van der Waals surface area contributed by atoms with Gasteiger partial charge in [-0.25, -0.2) is 4.98 Å². The van der Waals surface area contributed by atoms with E-state index in [-0.39, 0.29) is 18.5 Å². The standard InChI is InChI=1S/C20H25N5OS2/c26-17(21-11-13-6-2-1-3-7-13)10-14-12-28-20(22-14)25-18-15-8-4-5-9-16(15)23-19(27)24-18/h1-3,6-7,12,15-16,18H,4-5,8-11H2,(H,21,26)(H,22,25)(H2,23,24,27). The average Bonchev–Trinajstić information content (AvgIpc) is 3.14. The van der Waals surface area contributed by atoms with Gasteiger partial charge in [0.25, 0.3) is 0 Å². The molecular formula is C20H25N5OS2. The molecule has 4 N–H and O–H groups in total. The molecule has 1 aliphatic heterocycles. The van der Waals surface area contributed by atoms with Gasteiger partial charge in [0, 0.05) is 23.9 Å². The highest BCUT2D eigenvalue weighted by Crippen LogP contribution is 2.30. The summed E-state index contributed by atoms with van der Waals surface area (Å²) < 4.78 is 0. The number of fused-ring (bicyclic) bond motifs is 1. The van der Waals surface area contributed by atoms with Crippen LogP contribution in [-0.4, -0.2) is 28.2 Å². The number of thiazole rings is 1. The van der Waals surface area contributed by atoms with Crippen LogP contribution in [0, 0.1) is 5.92 Å². The highest BCUT2D eigenvalue weighted by molar-refractivity contribution is 7.80. The number of carbonyl (C=O) groups is 1. The van der Waals surface area contributed by atoms with E-state index in [9.17, 15) is 4.79 Å². The molecule has 6 nitrogen and oxygen atoms in total. The lowest BCUT2D eigenvalue weighted by Crippen LogP contribution is -2.63. The van der Waals surface area contributed by atoms with Gasteiger partial charge in [0.2, 0.25) is 5.91 Å². The van der Waals surface area contributed by atoms with Crippen molar-refractivity contribution in [2.45, 2.75) is 50.9 Å². The van der Waals surface area contributed by atoms with Crippen LogP contribution in [0.5, 0.6) is 0 Å². The van der Waals surface area contributed by atoms with Gasteiger partial charge in [-0.15, -0.1) is 11.3 Å². The second-order valence-electron chi connectivity index (χ2n) is 7.38. The summed E-state index contributed by atoms with van der Waals surface area (Å²) >= 11 is 6.90. The molecule has 8 heteroatoms. The molecule has 1 amide bonds. The molecule has 2 aliphatic rings. The fourth-order valence-electron chi connectivity index (χ4n) is 3.95. The summed E-state index contributed by atoms with van der Waals surface area (Å²) in [6.07, 6.45) is 5.21. The maximum absolute atomic E-state index is 12.2. The largest absolute Gasteiger partial charge is 0.360 e. The summed E-state index contributed by atoms with van der Waals surface area (Å²) in [5, 5.41) is 16.7. The van der Waals surface area contributed by atoms with E-state index in [2.05, 4.69) is 26.3 Å². The van der Waals surface area contributed by atoms with Crippen LogP contribution in [0.2, 0.25) is 0 Å². The average molecular weight is 416 g/mol. The number of amides is 1. The molecule has 28 heavy (non-hydrogen) atoms. The van der Waals surface area contributed by atoms with E-state index in [0.717, 1.165) is 22.8 Å². The van der Waals surface area contributed by atoms with Crippen molar-refractivity contribution in [2.24, 2.45) is 5.92 Å². The number of anilines is 1. The minimum Gasteiger partial charge on any atom is -0.360 e. The molecule has 4 rings (SSSR count). The maximum Gasteiger partial charge on any atom is 0.226 e. The smallest absolute Gasteiger partial charge is 0.226 e. The van der Waals surface area contributed by atoms with Crippen molar-refractivity contribution >= 4 is 39.7 Å². The molecule has 1 aromatic carbocycles. The molecule has 1 aliphatic carbocycles. The summed E-state index contributed by atoms with van der Waals surface area (Å²) in [4.78, 5) is 16.8. The van der Waals surface area contributed by atoms with Gasteiger partial charge in [0.1, 0.15) is 6.17 Å². The highest BCUT2D eigenvalue weighted by atomic mass is 32.1. The number of hydrogen-bond acceptors (Lipinski definition) is 5. The Hall–Kier alpha value is -2.19. The molecule has 2 fully saturated rings. The van der Waals surface area contributed by atoms with Gasteiger partial charge in [0.05, 0.1) is 12.1 Å². The Kier molecular flexibility index (Phi) is 6.07. The summed E-state index contributed by atoms with van der Waals surface area (Å²) in [5.41, 5.74) is 1.88. The molecule has 3 unspecified atom stereocenters. The molecule has 1 aromatic heterocycles. The van der Waals surface area contributed by atoms with Gasteiger partial charge in [-0.05, 0) is 30.6 Å². The molecule has 0 spiro atoms. The Balaban J connectivity index is 1.31. The lowest BCUT2D eigenvalue weighted by atomic mass is 9.81. The van der Waals surface area contributed by atoms with Crippen molar-refractivity contribution in [1.82, 2.24) is 20.9 Å². The zero-order valence-corrected chi connectivity index (χ0v) is 17.2. The normalized spacial score (nSPS) is 23.9. The van der Waals surface area contributed by atoms with E-state index in [4.69, 9.17) is 12.2 Å². The Morgan fingerprint density at radius 2 is 2.04 bits per heavy atom. The van der Waals surface area contributed by atoms with Crippen LogP contribution >= 0.6 is 23.6 Å². The minimum absolute atomic E-state index is 0.0192. The first-order valence-electron chi connectivity index (χ1n) is 9.76. The first kappa shape index (κ1) is 19.1. The van der Waals surface area contributed by atoms with E-state index in [1.165, 1.54) is 30.6 Å². The van der Waals surface area contributed by atoms with Crippen molar-refractivity contribution in [3.05, 3.63) is 47.0 Å². The quantitative estimate of drug-likeness (QED) is 0.544. The number of hydrogen-bond donors (Lipinski definition) is 4. The summed E-state index contributed by atoms with van der Waals surface area (Å²) in [5.74, 6) is 0.469. The Morgan fingerprint density at radius 1 is 1.21 bits per heavy atom. The third-order valence-electron chi connectivity index (χ3n) is 5.36. The maximum atomic E-state index is 12.2. The van der Waals surface area contributed by atoms with Crippen molar-refractivity contribution in [2.75, 3.05) is 5.32 Å². The minimum atomic E-state index is -0.0192. The number of thiocarbonyl (C=S) groups is 1. The molecule has 1 saturated heterocycles. The van der Waals surface area contributed by atoms with Crippen molar-refractivity contribution in [3.8, 4) is 0 Å². The second kappa shape index (κ2) is 8.87. The predicted octanol–water partition coefficient (Wildman–Crippen LogP) is 2.78. The Labute approximate surface area is 174 Å². The molecular weight excluding hydrogens is 390 g/mol. The van der Waals surface area contributed by atoms with E-state index < -0.39 is 0 Å². The zero-order chi connectivity index (χ0) is 19.3. The Morgan fingerprint density at radius 3 is 2.89 bits per heavy atom. The summed E-state index contributed by atoms with van der Waals surface area (Å²) in [6.45, 7) is 0.536. The number of rotatable bonds is 6. The van der Waals surface area contributed by atoms with Crippen molar-refractivity contribution in [1.29, 1.82) is 0 Å². The molecule has 3 atom stereocenters. The van der Waals surface area contributed by atoms with Crippen LogP contribution in [0.1, 0.15) is 36.9 Å². The fraction of sp³-hybridized carbons (Fsp3) is 0.450. The fourth-order valence-corrected chi connectivity index (χ4v) is 4.98. The second-order valence-corrected chi connectivity index (χ2v) is 8.64. The monoisotopic (exact) mass is 415 g/mol. The van der Waals surface area contributed by atoms with Crippen LogP contribution in [0.25, 0.3) is 0 Å². The van der Waals surface area contributed by atoms with Gasteiger partial charge in [-0.3, -0.25) is 4.79 Å². The SMILES string of the molecule is O=C(Cc1csc(NC2NC(=S)NC3CCCCC32)n1)NCc1ccccc1. The van der Waals surface area contributed by atoms with E-state index in [1.54, 1.807) is 0 Å². The van der Waals surface area contributed by atoms with Crippen LogP contribution in [0.4, 0.5) is 5.13 Å². The molecule has 2 aromatic rings. The van der Waals surface area contributed by atoms with Gasteiger partial charge in [-0.1, -0.05) is 43.2 Å². The van der Waals surface area contributed by atoms with Gasteiger partial charge < -0.3 is 21.3 Å². The predicted molar refractivity (Wildman–Crippen MR) is 116 cm³/mol. The highest BCUT2D eigenvalue weighted by Gasteiger charge is 2.36. The van der Waals surface area contributed by atoms with Crippen LogP contribution in [-0.2, 0) is 17.8 Å². The summed E-state index contributed by atoms with van der Waals surface area (Å²) in [6, 6.07) is 10.3. The molecule has 0 bridgehead atoms. The lowest BCUT2D eigenvalue weighted by molar-refractivity contribution is -0.120. The summed E-state index contributed by atoms with van der Waals surface area (Å²) in [7, 11) is 0. The molecule has 148 valence electrons. The first-order chi connectivity index (χ1) is 13.7.